The number of carbonyl (C=O) groups is 2. The van der Waals surface area contributed by atoms with E-state index in [9.17, 15) is 14.0 Å². The second kappa shape index (κ2) is 3.33. The Labute approximate surface area is 80.7 Å². The Morgan fingerprint density at radius 3 is 2.93 bits per heavy atom. The summed E-state index contributed by atoms with van der Waals surface area (Å²) in [5, 5.41) is 0. The van der Waals surface area contributed by atoms with Crippen LogP contribution in [0.1, 0.15) is 22.3 Å². The van der Waals surface area contributed by atoms with Crippen molar-refractivity contribution in [2.24, 2.45) is 5.92 Å². The molecule has 1 atom stereocenters. The highest BCUT2D eigenvalue weighted by molar-refractivity contribution is 6.07. The maximum atomic E-state index is 12.9. The molecule has 1 aromatic carbocycles. The van der Waals surface area contributed by atoms with E-state index in [0.29, 0.717) is 24.7 Å². The molecule has 1 aliphatic rings. The molecule has 0 fully saturated rings. The molecule has 0 aliphatic heterocycles. The highest BCUT2D eigenvalue weighted by Gasteiger charge is 2.26. The summed E-state index contributed by atoms with van der Waals surface area (Å²) in [4.78, 5) is 22.2. The van der Waals surface area contributed by atoms with Gasteiger partial charge in [-0.15, -0.1) is 0 Å². The molecule has 0 saturated heterocycles. The van der Waals surface area contributed by atoms with Gasteiger partial charge in [-0.3, -0.25) is 4.79 Å². The number of aryl methyl sites for hydroxylation is 1. The Morgan fingerprint density at radius 2 is 2.21 bits per heavy atom. The molecule has 0 aromatic heterocycles. The third kappa shape index (κ3) is 1.35. The second-order valence-corrected chi connectivity index (χ2v) is 3.45. The average molecular weight is 192 g/mol. The lowest BCUT2D eigenvalue weighted by atomic mass is 9.83. The standard InChI is InChI=1S/C11H9FO2/c12-9-4-3-7-1-2-8(6-13)11(14)10(7)5-9/h3-6,8H,1-2H2. The summed E-state index contributed by atoms with van der Waals surface area (Å²) >= 11 is 0. The van der Waals surface area contributed by atoms with Crippen LogP contribution in [-0.4, -0.2) is 12.1 Å². The van der Waals surface area contributed by atoms with Crippen LogP contribution in [0.2, 0.25) is 0 Å². The van der Waals surface area contributed by atoms with Gasteiger partial charge in [0.1, 0.15) is 12.1 Å². The number of Topliss-reactive ketones (excluding diaryl/α,β-unsaturated/α-hetero) is 1. The van der Waals surface area contributed by atoms with Crippen molar-refractivity contribution in [1.29, 1.82) is 0 Å². The van der Waals surface area contributed by atoms with E-state index in [-0.39, 0.29) is 5.78 Å². The zero-order valence-corrected chi connectivity index (χ0v) is 7.50. The fraction of sp³-hybridized carbons (Fsp3) is 0.273. The van der Waals surface area contributed by atoms with Crippen LogP contribution in [-0.2, 0) is 11.2 Å². The van der Waals surface area contributed by atoms with Crippen LogP contribution in [0, 0.1) is 11.7 Å². The topological polar surface area (TPSA) is 34.1 Å². The molecule has 0 amide bonds. The first-order chi connectivity index (χ1) is 6.72. The predicted octanol–water partition coefficient (Wildman–Crippen LogP) is 1.77. The Kier molecular flexibility index (Phi) is 2.15. The van der Waals surface area contributed by atoms with Crippen molar-refractivity contribution in [2.75, 3.05) is 0 Å². The summed E-state index contributed by atoms with van der Waals surface area (Å²) in [7, 11) is 0. The number of rotatable bonds is 1. The molecule has 2 rings (SSSR count). The van der Waals surface area contributed by atoms with Gasteiger partial charge in [0.05, 0.1) is 5.92 Å². The minimum Gasteiger partial charge on any atom is -0.303 e. The number of carbonyl (C=O) groups excluding carboxylic acids is 2. The fourth-order valence-corrected chi connectivity index (χ4v) is 1.77. The van der Waals surface area contributed by atoms with Crippen molar-refractivity contribution < 1.29 is 14.0 Å². The molecule has 72 valence electrons. The number of fused-ring (bicyclic) bond motifs is 1. The Morgan fingerprint density at radius 1 is 1.43 bits per heavy atom. The summed E-state index contributed by atoms with van der Waals surface area (Å²) < 4.78 is 12.9. The SMILES string of the molecule is O=CC1CCc2ccc(F)cc2C1=O. The lowest BCUT2D eigenvalue weighted by molar-refractivity contribution is -0.110. The molecule has 2 nitrogen and oxygen atoms in total. The minimum absolute atomic E-state index is 0.249. The first kappa shape index (κ1) is 9.06. The molecule has 1 unspecified atom stereocenters. The van der Waals surface area contributed by atoms with Gasteiger partial charge in [0, 0.05) is 5.56 Å². The van der Waals surface area contributed by atoms with Gasteiger partial charge in [0.25, 0.3) is 0 Å². The molecule has 0 bridgehead atoms. The van der Waals surface area contributed by atoms with Gasteiger partial charge in [-0.05, 0) is 30.5 Å². The third-order valence-electron chi connectivity index (χ3n) is 2.56. The van der Waals surface area contributed by atoms with E-state index in [4.69, 9.17) is 0 Å². The predicted molar refractivity (Wildman–Crippen MR) is 48.6 cm³/mol. The number of hydrogen-bond acceptors (Lipinski definition) is 2. The van der Waals surface area contributed by atoms with Gasteiger partial charge in [-0.1, -0.05) is 6.07 Å². The van der Waals surface area contributed by atoms with Crippen LogP contribution in [0.5, 0.6) is 0 Å². The van der Waals surface area contributed by atoms with Crippen LogP contribution < -0.4 is 0 Å². The average Bonchev–Trinajstić information content (AvgIpc) is 2.20. The summed E-state index contributed by atoms with van der Waals surface area (Å²) in [6.45, 7) is 0. The van der Waals surface area contributed by atoms with Crippen molar-refractivity contribution in [3.05, 3.63) is 35.1 Å². The first-order valence-electron chi connectivity index (χ1n) is 4.50. The Balaban J connectivity index is 2.48. The molecule has 0 N–H and O–H groups in total. The first-order valence-corrected chi connectivity index (χ1v) is 4.50. The van der Waals surface area contributed by atoms with Gasteiger partial charge in [-0.25, -0.2) is 4.39 Å². The maximum absolute atomic E-state index is 12.9. The molecular weight excluding hydrogens is 183 g/mol. The normalized spacial score (nSPS) is 20.4. The lowest BCUT2D eigenvalue weighted by Gasteiger charge is -2.18. The van der Waals surface area contributed by atoms with Gasteiger partial charge >= 0.3 is 0 Å². The van der Waals surface area contributed by atoms with E-state index in [1.807, 2.05) is 0 Å². The number of halogens is 1. The number of benzene rings is 1. The monoisotopic (exact) mass is 192 g/mol. The summed E-state index contributed by atoms with van der Waals surface area (Å²) in [6.07, 6.45) is 1.86. The molecule has 0 radical (unpaired) electrons. The molecule has 0 heterocycles. The van der Waals surface area contributed by atoms with Crippen molar-refractivity contribution in [2.45, 2.75) is 12.8 Å². The van der Waals surface area contributed by atoms with Gasteiger partial charge in [0.15, 0.2) is 5.78 Å². The number of aldehydes is 1. The molecular formula is C11H9FO2. The molecule has 0 saturated carbocycles. The van der Waals surface area contributed by atoms with Crippen LogP contribution >= 0.6 is 0 Å². The zero-order valence-electron chi connectivity index (χ0n) is 7.50. The molecule has 0 spiro atoms. The van der Waals surface area contributed by atoms with E-state index in [1.165, 1.54) is 12.1 Å². The molecule has 3 heteroatoms. The summed E-state index contributed by atoms with van der Waals surface area (Å²) in [5.74, 6) is -1.26. The van der Waals surface area contributed by atoms with Crippen molar-refractivity contribution in [1.82, 2.24) is 0 Å². The van der Waals surface area contributed by atoms with Crippen molar-refractivity contribution in [3.8, 4) is 0 Å². The van der Waals surface area contributed by atoms with Gasteiger partial charge in [0.2, 0.25) is 0 Å². The third-order valence-corrected chi connectivity index (χ3v) is 2.56. The highest BCUT2D eigenvalue weighted by atomic mass is 19.1. The quantitative estimate of drug-likeness (QED) is 0.502. The van der Waals surface area contributed by atoms with E-state index < -0.39 is 11.7 Å². The molecule has 1 aliphatic carbocycles. The van der Waals surface area contributed by atoms with Crippen LogP contribution in [0.15, 0.2) is 18.2 Å². The van der Waals surface area contributed by atoms with Crippen LogP contribution in [0.25, 0.3) is 0 Å². The maximum Gasteiger partial charge on any atom is 0.173 e. The summed E-state index contributed by atoms with van der Waals surface area (Å²) in [6, 6.07) is 4.17. The minimum atomic E-state index is -0.579. The molecule has 14 heavy (non-hydrogen) atoms. The van der Waals surface area contributed by atoms with Crippen LogP contribution in [0.3, 0.4) is 0 Å². The Bertz CT molecular complexity index is 398. The second-order valence-electron chi connectivity index (χ2n) is 3.45. The number of ketones is 1. The van der Waals surface area contributed by atoms with Crippen LogP contribution in [0.4, 0.5) is 4.39 Å². The Hall–Kier alpha value is -1.51. The highest BCUT2D eigenvalue weighted by Crippen LogP contribution is 2.24. The van der Waals surface area contributed by atoms with E-state index in [1.54, 1.807) is 6.07 Å². The van der Waals surface area contributed by atoms with Crippen molar-refractivity contribution in [3.63, 3.8) is 0 Å². The summed E-state index contributed by atoms with van der Waals surface area (Å²) in [5.41, 5.74) is 1.21. The fourth-order valence-electron chi connectivity index (χ4n) is 1.77. The zero-order chi connectivity index (χ0) is 10.1. The van der Waals surface area contributed by atoms with E-state index >= 15 is 0 Å². The largest absolute Gasteiger partial charge is 0.303 e. The number of hydrogen-bond donors (Lipinski definition) is 0. The smallest absolute Gasteiger partial charge is 0.173 e. The van der Waals surface area contributed by atoms with Crippen molar-refractivity contribution >= 4 is 12.1 Å². The lowest BCUT2D eigenvalue weighted by Crippen LogP contribution is -2.23. The van der Waals surface area contributed by atoms with E-state index in [0.717, 1.165) is 5.56 Å². The van der Waals surface area contributed by atoms with Gasteiger partial charge in [-0.2, -0.15) is 0 Å². The van der Waals surface area contributed by atoms with E-state index in [2.05, 4.69) is 0 Å². The molecule has 1 aromatic rings. The van der Waals surface area contributed by atoms with Gasteiger partial charge < -0.3 is 4.79 Å².